The monoisotopic (exact) mass is 276 g/mol. The first kappa shape index (κ1) is 15.5. The topological polar surface area (TPSA) is 26.7 Å². The van der Waals surface area contributed by atoms with E-state index in [1.165, 1.54) is 25.7 Å². The molecule has 0 heterocycles. The first-order valence-corrected chi connectivity index (χ1v) is 7.78. The van der Waals surface area contributed by atoms with Crippen molar-refractivity contribution in [3.05, 3.63) is 35.9 Å². The summed E-state index contributed by atoms with van der Waals surface area (Å²) in [6.07, 6.45) is 5.09. The van der Waals surface area contributed by atoms with Crippen LogP contribution >= 0.6 is 0 Å². The van der Waals surface area contributed by atoms with Crippen LogP contribution in [0.4, 0.5) is 0 Å². The summed E-state index contributed by atoms with van der Waals surface area (Å²) in [6.45, 7) is 2.79. The Morgan fingerprint density at radius 2 is 1.75 bits per heavy atom. The van der Waals surface area contributed by atoms with Gasteiger partial charge < -0.3 is 14.9 Å². The lowest BCUT2D eigenvalue weighted by Gasteiger charge is -2.27. The lowest BCUT2D eigenvalue weighted by atomic mass is 10.1. The molecule has 1 aromatic rings. The second kappa shape index (κ2) is 7.77. The molecule has 1 aromatic carbocycles. The number of hydrogen-bond donors (Lipinski definition) is 1. The van der Waals surface area contributed by atoms with Crippen molar-refractivity contribution in [1.82, 2.24) is 9.80 Å². The van der Waals surface area contributed by atoms with Gasteiger partial charge in [0, 0.05) is 25.7 Å². The summed E-state index contributed by atoms with van der Waals surface area (Å²) < 4.78 is 0. The van der Waals surface area contributed by atoms with E-state index < -0.39 is 6.10 Å². The lowest BCUT2D eigenvalue weighted by Crippen LogP contribution is -2.37. The van der Waals surface area contributed by atoms with Crippen LogP contribution in [-0.2, 0) is 0 Å². The Morgan fingerprint density at radius 3 is 2.40 bits per heavy atom. The fraction of sp³-hybridized carbons (Fsp3) is 0.647. The van der Waals surface area contributed by atoms with E-state index >= 15 is 0 Å². The molecule has 0 amide bonds. The second-order valence-electron chi connectivity index (χ2n) is 6.11. The van der Waals surface area contributed by atoms with Gasteiger partial charge in [-0.15, -0.1) is 0 Å². The maximum atomic E-state index is 10.2. The van der Waals surface area contributed by atoms with Crippen molar-refractivity contribution in [2.45, 2.75) is 37.8 Å². The number of hydrogen-bond acceptors (Lipinski definition) is 3. The third-order valence-electron chi connectivity index (χ3n) is 4.45. The summed E-state index contributed by atoms with van der Waals surface area (Å²) in [6, 6.07) is 10.7. The number of aliphatic hydroxyl groups excluding tert-OH is 1. The number of nitrogens with zero attached hydrogens (tertiary/aromatic N) is 2. The zero-order chi connectivity index (χ0) is 14.4. The van der Waals surface area contributed by atoms with Gasteiger partial charge in [0.25, 0.3) is 0 Å². The maximum Gasteiger partial charge on any atom is 0.0916 e. The molecule has 0 saturated heterocycles. The summed E-state index contributed by atoms with van der Waals surface area (Å²) in [5.74, 6) is 0. The van der Waals surface area contributed by atoms with Crippen LogP contribution in [-0.4, -0.2) is 54.7 Å². The van der Waals surface area contributed by atoms with Crippen molar-refractivity contribution in [1.29, 1.82) is 0 Å². The van der Waals surface area contributed by atoms with Gasteiger partial charge in [0.2, 0.25) is 0 Å². The van der Waals surface area contributed by atoms with Gasteiger partial charge in [0.1, 0.15) is 0 Å². The van der Waals surface area contributed by atoms with Crippen molar-refractivity contribution in [3.63, 3.8) is 0 Å². The molecule has 0 aliphatic heterocycles. The SMILES string of the molecule is CN(CCN(C)C1CCCC1)C[C@@H](O)c1ccccc1. The van der Waals surface area contributed by atoms with Crippen molar-refractivity contribution in [2.24, 2.45) is 0 Å². The molecule has 0 bridgehead atoms. The molecular weight excluding hydrogens is 248 g/mol. The number of benzene rings is 1. The highest BCUT2D eigenvalue weighted by Gasteiger charge is 2.19. The average Bonchev–Trinajstić information content (AvgIpc) is 3.00. The van der Waals surface area contributed by atoms with Crippen molar-refractivity contribution in [2.75, 3.05) is 33.7 Å². The van der Waals surface area contributed by atoms with Crippen LogP contribution in [0.1, 0.15) is 37.4 Å². The lowest BCUT2D eigenvalue weighted by molar-refractivity contribution is 0.117. The molecule has 0 radical (unpaired) electrons. The minimum atomic E-state index is -0.391. The van der Waals surface area contributed by atoms with E-state index in [1.807, 2.05) is 30.3 Å². The molecule has 20 heavy (non-hydrogen) atoms. The van der Waals surface area contributed by atoms with Gasteiger partial charge in [-0.3, -0.25) is 0 Å². The van der Waals surface area contributed by atoms with E-state index in [2.05, 4.69) is 23.9 Å². The average molecular weight is 276 g/mol. The highest BCUT2D eigenvalue weighted by molar-refractivity contribution is 5.17. The quantitative estimate of drug-likeness (QED) is 0.829. The fourth-order valence-electron chi connectivity index (χ4n) is 3.02. The Balaban J connectivity index is 1.70. The first-order valence-electron chi connectivity index (χ1n) is 7.78. The summed E-state index contributed by atoms with van der Waals surface area (Å²) in [7, 11) is 4.33. The fourth-order valence-corrected chi connectivity index (χ4v) is 3.02. The third-order valence-corrected chi connectivity index (χ3v) is 4.45. The minimum absolute atomic E-state index is 0.391. The van der Waals surface area contributed by atoms with E-state index in [1.54, 1.807) is 0 Å². The van der Waals surface area contributed by atoms with Crippen LogP contribution in [0.5, 0.6) is 0 Å². The zero-order valence-electron chi connectivity index (χ0n) is 12.8. The van der Waals surface area contributed by atoms with E-state index in [4.69, 9.17) is 0 Å². The second-order valence-corrected chi connectivity index (χ2v) is 6.11. The predicted molar refractivity (Wildman–Crippen MR) is 83.8 cm³/mol. The summed E-state index contributed by atoms with van der Waals surface area (Å²) in [4.78, 5) is 4.71. The van der Waals surface area contributed by atoms with Crippen LogP contribution in [0, 0.1) is 0 Å². The molecule has 0 aromatic heterocycles. The minimum Gasteiger partial charge on any atom is -0.387 e. The molecular formula is C17H28N2O. The van der Waals surface area contributed by atoms with Gasteiger partial charge in [-0.2, -0.15) is 0 Å². The molecule has 1 aliphatic carbocycles. The summed E-state index contributed by atoms with van der Waals surface area (Å²) in [5, 5.41) is 10.2. The summed E-state index contributed by atoms with van der Waals surface area (Å²) >= 11 is 0. The number of rotatable bonds is 7. The van der Waals surface area contributed by atoms with Gasteiger partial charge in [-0.05, 0) is 32.5 Å². The van der Waals surface area contributed by atoms with Gasteiger partial charge >= 0.3 is 0 Å². The molecule has 0 unspecified atom stereocenters. The molecule has 0 spiro atoms. The Morgan fingerprint density at radius 1 is 1.10 bits per heavy atom. The van der Waals surface area contributed by atoms with Crippen LogP contribution in [0.25, 0.3) is 0 Å². The van der Waals surface area contributed by atoms with E-state index in [0.29, 0.717) is 6.54 Å². The van der Waals surface area contributed by atoms with Crippen molar-refractivity contribution >= 4 is 0 Å². The number of aliphatic hydroxyl groups is 1. The van der Waals surface area contributed by atoms with Gasteiger partial charge in [-0.25, -0.2) is 0 Å². The van der Waals surface area contributed by atoms with Crippen LogP contribution in [0.2, 0.25) is 0 Å². The number of likely N-dealkylation sites (N-methyl/N-ethyl adjacent to an activating group) is 2. The molecule has 1 saturated carbocycles. The van der Waals surface area contributed by atoms with Gasteiger partial charge in [-0.1, -0.05) is 43.2 Å². The molecule has 1 N–H and O–H groups in total. The standard InChI is InChI=1S/C17H28N2O/c1-18(12-13-19(2)16-10-6-7-11-16)14-17(20)15-8-4-3-5-9-15/h3-5,8-9,16-17,20H,6-7,10-14H2,1-2H3/t17-/m1/s1. The Kier molecular flexibility index (Phi) is 6.02. The molecule has 3 heteroatoms. The maximum absolute atomic E-state index is 10.2. The van der Waals surface area contributed by atoms with Crippen molar-refractivity contribution < 1.29 is 5.11 Å². The highest BCUT2D eigenvalue weighted by Crippen LogP contribution is 2.22. The predicted octanol–water partition coefficient (Wildman–Crippen LogP) is 2.53. The van der Waals surface area contributed by atoms with Crippen LogP contribution in [0.15, 0.2) is 30.3 Å². The van der Waals surface area contributed by atoms with E-state index in [0.717, 1.165) is 24.7 Å². The van der Waals surface area contributed by atoms with Crippen molar-refractivity contribution in [3.8, 4) is 0 Å². The Bertz CT molecular complexity index is 376. The van der Waals surface area contributed by atoms with E-state index in [9.17, 15) is 5.11 Å². The Labute approximate surface area is 123 Å². The van der Waals surface area contributed by atoms with E-state index in [-0.39, 0.29) is 0 Å². The molecule has 1 aliphatic rings. The molecule has 1 fully saturated rings. The molecule has 112 valence electrons. The Hall–Kier alpha value is -0.900. The smallest absolute Gasteiger partial charge is 0.0916 e. The highest BCUT2D eigenvalue weighted by atomic mass is 16.3. The third kappa shape index (κ3) is 4.58. The largest absolute Gasteiger partial charge is 0.387 e. The zero-order valence-corrected chi connectivity index (χ0v) is 12.8. The normalized spacial score (nSPS) is 18.1. The van der Waals surface area contributed by atoms with Gasteiger partial charge in [0.05, 0.1) is 6.10 Å². The molecule has 2 rings (SSSR count). The van der Waals surface area contributed by atoms with Crippen LogP contribution < -0.4 is 0 Å². The van der Waals surface area contributed by atoms with Gasteiger partial charge in [0.15, 0.2) is 0 Å². The first-order chi connectivity index (χ1) is 9.66. The molecule has 1 atom stereocenters. The summed E-state index contributed by atoms with van der Waals surface area (Å²) in [5.41, 5.74) is 1.00. The molecule has 3 nitrogen and oxygen atoms in total. The van der Waals surface area contributed by atoms with Crippen LogP contribution in [0.3, 0.4) is 0 Å².